The van der Waals surface area contributed by atoms with Gasteiger partial charge in [0.15, 0.2) is 0 Å². The molecule has 160 valence electrons. The Hall–Kier alpha value is -0.460. The predicted octanol–water partition coefficient (Wildman–Crippen LogP) is 3.74. The molecule has 1 aliphatic heterocycles. The fourth-order valence-corrected chi connectivity index (χ4v) is 3.48. The highest BCUT2D eigenvalue weighted by Gasteiger charge is 2.40. The van der Waals surface area contributed by atoms with Crippen LogP contribution < -0.4 is 0 Å². The van der Waals surface area contributed by atoms with Gasteiger partial charge in [0.05, 0.1) is 19.8 Å². The molecule has 0 aromatic rings. The Labute approximate surface area is 165 Å². The van der Waals surface area contributed by atoms with Crippen molar-refractivity contribution < 1.29 is 24.8 Å². The number of hydrogen-bond donors (Lipinski definition) is 3. The van der Waals surface area contributed by atoms with Crippen LogP contribution in [0, 0.1) is 0 Å². The van der Waals surface area contributed by atoms with E-state index in [1.54, 1.807) is 0 Å². The van der Waals surface area contributed by atoms with Crippen molar-refractivity contribution in [1.29, 1.82) is 0 Å². The Kier molecular flexibility index (Phi) is 15.0. The molecule has 0 bridgehead atoms. The summed E-state index contributed by atoms with van der Waals surface area (Å²) in [7, 11) is 0. The van der Waals surface area contributed by atoms with E-state index in [2.05, 4.69) is 19.1 Å². The molecule has 5 nitrogen and oxygen atoms in total. The summed E-state index contributed by atoms with van der Waals surface area (Å²) in [5.74, 6) is 0. The minimum atomic E-state index is -0.992. The van der Waals surface area contributed by atoms with Crippen molar-refractivity contribution in [3.05, 3.63) is 12.2 Å². The van der Waals surface area contributed by atoms with E-state index in [9.17, 15) is 15.3 Å². The smallest absolute Gasteiger partial charge is 0.114 e. The molecule has 0 radical (unpaired) electrons. The molecule has 1 fully saturated rings. The van der Waals surface area contributed by atoms with E-state index >= 15 is 0 Å². The monoisotopic (exact) mass is 386 g/mol. The molecule has 0 saturated carbocycles. The third kappa shape index (κ3) is 11.2. The van der Waals surface area contributed by atoms with Crippen molar-refractivity contribution in [2.75, 3.05) is 19.8 Å². The summed E-state index contributed by atoms with van der Waals surface area (Å²) in [6.07, 6.45) is 16.6. The van der Waals surface area contributed by atoms with Crippen LogP contribution in [0.5, 0.6) is 0 Å². The molecule has 0 unspecified atom stereocenters. The van der Waals surface area contributed by atoms with Crippen LogP contribution in [0.4, 0.5) is 0 Å². The average molecular weight is 387 g/mol. The minimum Gasteiger partial charge on any atom is -0.394 e. The zero-order chi connectivity index (χ0) is 19.7. The molecular formula is C22H42O5. The van der Waals surface area contributed by atoms with E-state index in [-0.39, 0.29) is 13.2 Å². The third-order valence-electron chi connectivity index (χ3n) is 5.24. The molecule has 0 aromatic carbocycles. The summed E-state index contributed by atoms with van der Waals surface area (Å²) in [6, 6.07) is 0. The van der Waals surface area contributed by atoms with Gasteiger partial charge in [-0.3, -0.25) is 0 Å². The second-order valence-corrected chi connectivity index (χ2v) is 7.68. The van der Waals surface area contributed by atoms with Gasteiger partial charge in [0.1, 0.15) is 24.4 Å². The fraction of sp³-hybridized carbons (Fsp3) is 0.909. The van der Waals surface area contributed by atoms with Gasteiger partial charge in [-0.2, -0.15) is 0 Å². The lowest BCUT2D eigenvalue weighted by Crippen LogP contribution is -2.42. The number of allylic oxidation sites excluding steroid dienone is 1. The lowest BCUT2D eigenvalue weighted by molar-refractivity contribution is -0.0996. The lowest BCUT2D eigenvalue weighted by Gasteiger charge is -2.24. The maximum Gasteiger partial charge on any atom is 0.114 e. The zero-order valence-electron chi connectivity index (χ0n) is 17.2. The molecule has 4 atom stereocenters. The average Bonchev–Trinajstić information content (AvgIpc) is 3.00. The summed E-state index contributed by atoms with van der Waals surface area (Å²) in [4.78, 5) is 0. The zero-order valence-corrected chi connectivity index (χ0v) is 17.2. The van der Waals surface area contributed by atoms with Crippen molar-refractivity contribution in [3.8, 4) is 0 Å². The lowest BCUT2D eigenvalue weighted by atomic mass is 10.1. The Morgan fingerprint density at radius 3 is 2.07 bits per heavy atom. The summed E-state index contributed by atoms with van der Waals surface area (Å²) >= 11 is 0. The number of ether oxygens (including phenoxy) is 2. The molecule has 1 aliphatic rings. The second kappa shape index (κ2) is 16.5. The maximum absolute atomic E-state index is 9.80. The van der Waals surface area contributed by atoms with Crippen LogP contribution in [0.25, 0.3) is 0 Å². The first kappa shape index (κ1) is 24.6. The van der Waals surface area contributed by atoms with Crippen molar-refractivity contribution in [1.82, 2.24) is 0 Å². The topological polar surface area (TPSA) is 79.2 Å². The van der Waals surface area contributed by atoms with Crippen LogP contribution in [0.2, 0.25) is 0 Å². The van der Waals surface area contributed by atoms with Gasteiger partial charge in [-0.1, -0.05) is 76.9 Å². The minimum absolute atomic E-state index is 0.0878. The molecule has 3 N–H and O–H groups in total. The largest absolute Gasteiger partial charge is 0.394 e. The second-order valence-electron chi connectivity index (χ2n) is 7.68. The van der Waals surface area contributed by atoms with Gasteiger partial charge in [-0.25, -0.2) is 0 Å². The third-order valence-corrected chi connectivity index (χ3v) is 5.24. The quantitative estimate of drug-likeness (QED) is 0.262. The van der Waals surface area contributed by atoms with Crippen LogP contribution in [-0.2, 0) is 9.47 Å². The standard InChI is InChI=1S/C22H42O5/c1-2-3-4-5-6-7-8-9-10-11-12-13-14-15-16-26-20(17-23)22-21(25)19(24)18-27-22/h13-14,19-25H,2-12,15-18H2,1H3/b14-13+/t19-,20+,21+,22+/m0/s1. The van der Waals surface area contributed by atoms with Crippen LogP contribution >= 0.6 is 0 Å². The van der Waals surface area contributed by atoms with E-state index in [1.807, 2.05) is 0 Å². The highest BCUT2D eigenvalue weighted by Crippen LogP contribution is 2.19. The normalized spacial score (nSPS) is 24.1. The van der Waals surface area contributed by atoms with Crippen LogP contribution in [0.3, 0.4) is 0 Å². The molecule has 5 heteroatoms. The molecule has 0 aromatic heterocycles. The summed E-state index contributed by atoms with van der Waals surface area (Å²) in [6.45, 7) is 2.60. The Morgan fingerprint density at radius 1 is 0.926 bits per heavy atom. The van der Waals surface area contributed by atoms with Gasteiger partial charge in [0.2, 0.25) is 0 Å². The number of unbranched alkanes of at least 4 members (excludes halogenated alkanes) is 10. The Balaban J connectivity index is 1.91. The molecule has 27 heavy (non-hydrogen) atoms. The first-order valence-electron chi connectivity index (χ1n) is 11.1. The molecular weight excluding hydrogens is 344 g/mol. The number of aliphatic hydroxyl groups is 3. The van der Waals surface area contributed by atoms with Gasteiger partial charge >= 0.3 is 0 Å². The highest BCUT2D eigenvalue weighted by molar-refractivity contribution is 4.89. The first-order chi connectivity index (χ1) is 13.2. The van der Waals surface area contributed by atoms with Crippen LogP contribution in [-0.4, -0.2) is 59.6 Å². The Morgan fingerprint density at radius 2 is 1.52 bits per heavy atom. The highest BCUT2D eigenvalue weighted by atomic mass is 16.6. The van der Waals surface area contributed by atoms with Crippen molar-refractivity contribution >= 4 is 0 Å². The van der Waals surface area contributed by atoms with E-state index in [0.717, 1.165) is 12.8 Å². The van der Waals surface area contributed by atoms with Crippen molar-refractivity contribution in [2.24, 2.45) is 0 Å². The summed E-state index contributed by atoms with van der Waals surface area (Å²) in [5.41, 5.74) is 0. The van der Waals surface area contributed by atoms with Crippen molar-refractivity contribution in [3.63, 3.8) is 0 Å². The van der Waals surface area contributed by atoms with Gasteiger partial charge < -0.3 is 24.8 Å². The summed E-state index contributed by atoms with van der Waals surface area (Å²) in [5, 5.41) is 28.7. The number of aliphatic hydroxyl groups excluding tert-OH is 3. The van der Waals surface area contributed by atoms with E-state index in [1.165, 1.54) is 64.2 Å². The maximum atomic E-state index is 9.80. The molecule has 1 rings (SSSR count). The molecule has 0 aliphatic carbocycles. The molecule has 0 amide bonds. The van der Waals surface area contributed by atoms with Crippen molar-refractivity contribution in [2.45, 2.75) is 108 Å². The molecule has 1 heterocycles. The first-order valence-corrected chi connectivity index (χ1v) is 11.1. The number of rotatable bonds is 17. The van der Waals surface area contributed by atoms with Gasteiger partial charge in [-0.15, -0.1) is 0 Å². The molecule has 0 spiro atoms. The van der Waals surface area contributed by atoms with Gasteiger partial charge in [0, 0.05) is 0 Å². The van der Waals surface area contributed by atoms with Crippen LogP contribution in [0.15, 0.2) is 12.2 Å². The van der Waals surface area contributed by atoms with Gasteiger partial charge in [-0.05, 0) is 19.3 Å². The molecule has 1 saturated heterocycles. The number of hydrogen-bond acceptors (Lipinski definition) is 5. The summed E-state index contributed by atoms with van der Waals surface area (Å²) < 4.78 is 10.9. The predicted molar refractivity (Wildman–Crippen MR) is 109 cm³/mol. The van der Waals surface area contributed by atoms with Gasteiger partial charge in [0.25, 0.3) is 0 Å². The SMILES string of the molecule is CCCCCCCCCCCC/C=C/CCO[C@H](CO)[C@H]1OC[C@H](O)[C@H]1O. The van der Waals surface area contributed by atoms with E-state index in [4.69, 9.17) is 9.47 Å². The van der Waals surface area contributed by atoms with E-state index in [0.29, 0.717) is 6.61 Å². The van der Waals surface area contributed by atoms with E-state index < -0.39 is 24.4 Å². The Bertz CT molecular complexity index is 361. The van der Waals surface area contributed by atoms with Crippen LogP contribution in [0.1, 0.15) is 84.0 Å². The fourth-order valence-electron chi connectivity index (χ4n) is 3.48.